The second-order valence-electron chi connectivity index (χ2n) is 3.10. The van der Waals surface area contributed by atoms with Crippen molar-refractivity contribution < 1.29 is 1.43 Å². The lowest BCUT2D eigenvalue weighted by Crippen LogP contribution is -2.33. The van der Waals surface area contributed by atoms with Crippen molar-refractivity contribution in [3.63, 3.8) is 0 Å². The molecule has 1 saturated heterocycles. The standard InChI is InChI=1S/C7H15N.2C2H6.H2/c1-6-3-7(2)5-8-4-6;2*1-2;/h6-8H,3-5H2,1-2H3;2*1-2H3;1H. The Labute approximate surface area is 80.4 Å². The van der Waals surface area contributed by atoms with Gasteiger partial charge in [0.05, 0.1) is 0 Å². The van der Waals surface area contributed by atoms with Gasteiger partial charge in [-0.3, -0.25) is 0 Å². The number of hydrogen-bond acceptors (Lipinski definition) is 1. The Morgan fingerprint density at radius 3 is 1.42 bits per heavy atom. The van der Waals surface area contributed by atoms with Crippen LogP contribution in [0.25, 0.3) is 0 Å². The molecule has 0 aromatic heterocycles. The summed E-state index contributed by atoms with van der Waals surface area (Å²) >= 11 is 0. The van der Waals surface area contributed by atoms with Crippen molar-refractivity contribution in [2.75, 3.05) is 13.1 Å². The van der Waals surface area contributed by atoms with E-state index >= 15 is 0 Å². The van der Waals surface area contributed by atoms with Crippen molar-refractivity contribution in [3.8, 4) is 0 Å². The van der Waals surface area contributed by atoms with Crippen molar-refractivity contribution >= 4 is 0 Å². The topological polar surface area (TPSA) is 12.0 Å². The highest BCUT2D eigenvalue weighted by atomic mass is 14.9. The first kappa shape index (κ1) is 14.5. The molecule has 0 amide bonds. The summed E-state index contributed by atoms with van der Waals surface area (Å²) in [6.07, 6.45) is 1.41. The summed E-state index contributed by atoms with van der Waals surface area (Å²) in [7, 11) is 0. The fraction of sp³-hybridized carbons (Fsp3) is 1.00. The summed E-state index contributed by atoms with van der Waals surface area (Å²) in [6, 6.07) is 0. The van der Waals surface area contributed by atoms with Gasteiger partial charge in [0, 0.05) is 1.43 Å². The van der Waals surface area contributed by atoms with E-state index < -0.39 is 0 Å². The SMILES string of the molecule is CC.CC.CC1CNCC(C)C1.[HH]. The second-order valence-corrected chi connectivity index (χ2v) is 3.10. The average Bonchev–Trinajstić information content (AvgIpc) is 2.11. The minimum Gasteiger partial charge on any atom is -0.316 e. The van der Waals surface area contributed by atoms with E-state index in [9.17, 15) is 0 Å². The molecule has 1 N–H and O–H groups in total. The van der Waals surface area contributed by atoms with Crippen molar-refractivity contribution in [3.05, 3.63) is 0 Å². The van der Waals surface area contributed by atoms with Crippen molar-refractivity contribution in [2.24, 2.45) is 11.8 Å². The number of hydrogen-bond donors (Lipinski definition) is 1. The Hall–Kier alpha value is -0.0400. The molecule has 1 fully saturated rings. The van der Waals surface area contributed by atoms with Gasteiger partial charge in [0.25, 0.3) is 0 Å². The lowest BCUT2D eigenvalue weighted by molar-refractivity contribution is 0.321. The third kappa shape index (κ3) is 8.06. The fourth-order valence-electron chi connectivity index (χ4n) is 1.43. The number of rotatable bonds is 0. The molecule has 1 heterocycles. The Morgan fingerprint density at radius 2 is 1.25 bits per heavy atom. The maximum Gasteiger partial charge on any atom is 0 e. The molecule has 0 radical (unpaired) electrons. The maximum absolute atomic E-state index is 3.38. The van der Waals surface area contributed by atoms with Crippen LogP contribution in [0.5, 0.6) is 0 Å². The predicted octanol–water partition coefficient (Wildman–Crippen LogP) is 3.55. The third-order valence-corrected chi connectivity index (χ3v) is 1.79. The summed E-state index contributed by atoms with van der Waals surface area (Å²) in [5, 5.41) is 3.38. The highest BCUT2D eigenvalue weighted by molar-refractivity contribution is 4.69. The van der Waals surface area contributed by atoms with E-state index in [1.165, 1.54) is 19.5 Å². The van der Waals surface area contributed by atoms with E-state index in [0.29, 0.717) is 0 Å². The first-order chi connectivity index (χ1) is 5.79. The molecule has 78 valence electrons. The normalized spacial score (nSPS) is 27.5. The summed E-state index contributed by atoms with van der Waals surface area (Å²) < 4.78 is 0. The molecule has 1 aliphatic rings. The molecule has 1 aliphatic heterocycles. The minimum absolute atomic E-state index is 0. The fourth-order valence-corrected chi connectivity index (χ4v) is 1.43. The first-order valence-electron chi connectivity index (χ1n) is 5.49. The van der Waals surface area contributed by atoms with Crippen LogP contribution in [0.2, 0.25) is 0 Å². The third-order valence-electron chi connectivity index (χ3n) is 1.79. The van der Waals surface area contributed by atoms with Gasteiger partial charge in [0.15, 0.2) is 0 Å². The minimum atomic E-state index is 0. The van der Waals surface area contributed by atoms with E-state index in [0.717, 1.165) is 11.8 Å². The maximum atomic E-state index is 3.38. The largest absolute Gasteiger partial charge is 0.316 e. The Morgan fingerprint density at radius 1 is 0.917 bits per heavy atom. The summed E-state index contributed by atoms with van der Waals surface area (Å²) in [5.41, 5.74) is 0. The lowest BCUT2D eigenvalue weighted by Gasteiger charge is -2.24. The molecule has 0 saturated carbocycles. The van der Waals surface area contributed by atoms with Crippen molar-refractivity contribution in [2.45, 2.75) is 48.0 Å². The van der Waals surface area contributed by atoms with Crippen molar-refractivity contribution in [1.29, 1.82) is 0 Å². The molecule has 0 aromatic carbocycles. The van der Waals surface area contributed by atoms with Crippen LogP contribution in [0.1, 0.15) is 49.4 Å². The van der Waals surface area contributed by atoms with Crippen LogP contribution >= 0.6 is 0 Å². The summed E-state index contributed by atoms with van der Waals surface area (Å²) in [5.74, 6) is 1.80. The predicted molar refractivity (Wildman–Crippen MR) is 60.6 cm³/mol. The van der Waals surface area contributed by atoms with E-state index in [-0.39, 0.29) is 1.43 Å². The summed E-state index contributed by atoms with van der Waals surface area (Å²) in [4.78, 5) is 0. The van der Waals surface area contributed by atoms with Gasteiger partial charge in [0.2, 0.25) is 0 Å². The van der Waals surface area contributed by atoms with Gasteiger partial charge in [-0.1, -0.05) is 41.5 Å². The van der Waals surface area contributed by atoms with E-state index in [1.807, 2.05) is 27.7 Å². The first-order valence-corrected chi connectivity index (χ1v) is 5.49. The van der Waals surface area contributed by atoms with Gasteiger partial charge >= 0.3 is 0 Å². The quantitative estimate of drug-likeness (QED) is 0.593. The van der Waals surface area contributed by atoms with Crippen molar-refractivity contribution in [1.82, 2.24) is 5.32 Å². The van der Waals surface area contributed by atoms with Gasteiger partial charge in [-0.2, -0.15) is 0 Å². The van der Waals surface area contributed by atoms with E-state index in [4.69, 9.17) is 0 Å². The number of nitrogens with one attached hydrogen (secondary N) is 1. The zero-order valence-electron chi connectivity index (χ0n) is 9.78. The number of piperidine rings is 1. The van der Waals surface area contributed by atoms with Gasteiger partial charge in [-0.05, 0) is 31.3 Å². The molecule has 0 aliphatic carbocycles. The molecule has 1 nitrogen and oxygen atoms in total. The molecular formula is C11H29N. The lowest BCUT2D eigenvalue weighted by atomic mass is 9.94. The van der Waals surface area contributed by atoms with Crippen LogP contribution < -0.4 is 5.32 Å². The zero-order chi connectivity index (χ0) is 9.98. The highest BCUT2D eigenvalue weighted by Crippen LogP contribution is 2.13. The van der Waals surface area contributed by atoms with E-state index in [2.05, 4.69) is 19.2 Å². The van der Waals surface area contributed by atoms with Gasteiger partial charge in [0.1, 0.15) is 0 Å². The van der Waals surface area contributed by atoms with Gasteiger partial charge < -0.3 is 5.32 Å². The van der Waals surface area contributed by atoms with Crippen LogP contribution in [-0.2, 0) is 0 Å². The molecule has 2 atom stereocenters. The Kier molecular flexibility index (Phi) is 13.2. The molecule has 0 aromatic rings. The van der Waals surface area contributed by atoms with Gasteiger partial charge in [-0.15, -0.1) is 0 Å². The zero-order valence-corrected chi connectivity index (χ0v) is 9.78. The van der Waals surface area contributed by atoms with Crippen LogP contribution in [-0.4, -0.2) is 13.1 Å². The second kappa shape index (κ2) is 11.0. The van der Waals surface area contributed by atoms with Crippen LogP contribution in [0.15, 0.2) is 0 Å². The van der Waals surface area contributed by atoms with Crippen LogP contribution in [0, 0.1) is 11.8 Å². The van der Waals surface area contributed by atoms with Crippen LogP contribution in [0.4, 0.5) is 0 Å². The molecule has 12 heavy (non-hydrogen) atoms. The average molecular weight is 175 g/mol. The molecular weight excluding hydrogens is 146 g/mol. The van der Waals surface area contributed by atoms with Crippen LogP contribution in [0.3, 0.4) is 0 Å². The van der Waals surface area contributed by atoms with E-state index in [1.54, 1.807) is 0 Å². The molecule has 2 unspecified atom stereocenters. The smallest absolute Gasteiger partial charge is 0 e. The highest BCUT2D eigenvalue weighted by Gasteiger charge is 2.12. The Balaban J connectivity index is -0.000000178. The summed E-state index contributed by atoms with van der Waals surface area (Å²) in [6.45, 7) is 15.1. The molecule has 1 rings (SSSR count). The van der Waals surface area contributed by atoms with Gasteiger partial charge in [-0.25, -0.2) is 0 Å². The Bertz CT molecular complexity index is 68.5. The molecule has 1 heteroatoms. The molecule has 0 bridgehead atoms. The monoisotopic (exact) mass is 175 g/mol. The molecule has 0 spiro atoms.